The van der Waals surface area contributed by atoms with Gasteiger partial charge in [0, 0.05) is 19.6 Å². The van der Waals surface area contributed by atoms with E-state index < -0.39 is 0 Å². The standard InChI is InChI=1S/C30H46S3/c1-11-19-23(15-5)29(24(16-6)20(12-2)27(19)31-9)33-30-25(17-7)21(13-3)28(32-10)22(14-4)26(30)18-8/h11-18H2,1-10H3. The normalized spacial score (nSPS) is 11.5. The minimum Gasteiger partial charge on any atom is -0.129 e. The van der Waals surface area contributed by atoms with Crippen molar-refractivity contribution in [3.8, 4) is 0 Å². The van der Waals surface area contributed by atoms with Crippen molar-refractivity contribution < 1.29 is 0 Å². The van der Waals surface area contributed by atoms with Crippen LogP contribution in [-0.4, -0.2) is 12.5 Å². The molecule has 0 aliphatic carbocycles. The summed E-state index contributed by atoms with van der Waals surface area (Å²) in [5.41, 5.74) is 12.8. The molecule has 3 heteroatoms. The average molecular weight is 503 g/mol. The molecule has 0 aliphatic heterocycles. The zero-order valence-corrected chi connectivity index (χ0v) is 25.3. The number of hydrogen-bond donors (Lipinski definition) is 0. The van der Waals surface area contributed by atoms with Crippen molar-refractivity contribution >= 4 is 35.3 Å². The van der Waals surface area contributed by atoms with E-state index in [1.54, 1.807) is 64.1 Å². The Morgan fingerprint density at radius 3 is 0.667 bits per heavy atom. The predicted octanol–water partition coefficient (Wildman–Crippen LogP) is 9.78. The van der Waals surface area contributed by atoms with E-state index in [0.29, 0.717) is 0 Å². The number of rotatable bonds is 12. The summed E-state index contributed by atoms with van der Waals surface area (Å²) in [5.74, 6) is 0. The van der Waals surface area contributed by atoms with Gasteiger partial charge in [0.25, 0.3) is 0 Å². The molecule has 0 radical (unpaired) electrons. The molecular weight excluding hydrogens is 457 g/mol. The fraction of sp³-hybridized carbons (Fsp3) is 0.600. The summed E-state index contributed by atoms with van der Waals surface area (Å²) in [4.78, 5) is 6.28. The maximum Gasteiger partial charge on any atom is 0.0192 e. The van der Waals surface area contributed by atoms with Gasteiger partial charge in [0.05, 0.1) is 0 Å². The Kier molecular flexibility index (Phi) is 11.8. The lowest BCUT2D eigenvalue weighted by Gasteiger charge is -2.28. The molecule has 0 aliphatic rings. The first-order chi connectivity index (χ1) is 16.0. The first-order valence-corrected chi connectivity index (χ1v) is 16.4. The minimum atomic E-state index is 1.11. The summed E-state index contributed by atoms with van der Waals surface area (Å²) >= 11 is 6.06. The van der Waals surface area contributed by atoms with E-state index in [1.807, 2.05) is 23.5 Å². The van der Waals surface area contributed by atoms with E-state index in [-0.39, 0.29) is 0 Å². The van der Waals surface area contributed by atoms with Gasteiger partial charge in [-0.1, -0.05) is 67.2 Å². The van der Waals surface area contributed by atoms with Crippen LogP contribution in [0, 0.1) is 0 Å². The monoisotopic (exact) mass is 502 g/mol. The van der Waals surface area contributed by atoms with Gasteiger partial charge in [0.1, 0.15) is 0 Å². The van der Waals surface area contributed by atoms with Crippen molar-refractivity contribution in [3.05, 3.63) is 44.5 Å². The zero-order valence-electron chi connectivity index (χ0n) is 22.9. The van der Waals surface area contributed by atoms with Crippen molar-refractivity contribution in [1.29, 1.82) is 0 Å². The lowest BCUT2D eigenvalue weighted by atomic mass is 9.92. The van der Waals surface area contributed by atoms with E-state index in [1.165, 1.54) is 0 Å². The number of hydrogen-bond acceptors (Lipinski definition) is 3. The van der Waals surface area contributed by atoms with Crippen molar-refractivity contribution in [2.45, 2.75) is 126 Å². The van der Waals surface area contributed by atoms with Crippen molar-refractivity contribution in [2.24, 2.45) is 0 Å². The van der Waals surface area contributed by atoms with Gasteiger partial charge in [-0.15, -0.1) is 23.5 Å². The van der Waals surface area contributed by atoms with Crippen LogP contribution in [0.15, 0.2) is 19.6 Å². The summed E-state index contributed by atoms with van der Waals surface area (Å²) in [7, 11) is 0. The van der Waals surface area contributed by atoms with E-state index in [9.17, 15) is 0 Å². The third-order valence-electron chi connectivity index (χ3n) is 7.09. The quantitative estimate of drug-likeness (QED) is 0.265. The molecule has 0 bridgehead atoms. The molecule has 0 amide bonds. The van der Waals surface area contributed by atoms with Gasteiger partial charge in [0.15, 0.2) is 0 Å². The maximum absolute atomic E-state index is 2.36. The second-order valence-electron chi connectivity index (χ2n) is 8.48. The van der Waals surface area contributed by atoms with Crippen molar-refractivity contribution in [3.63, 3.8) is 0 Å². The maximum atomic E-state index is 2.36. The van der Waals surface area contributed by atoms with Crippen LogP contribution >= 0.6 is 35.3 Å². The Morgan fingerprint density at radius 2 is 0.515 bits per heavy atom. The van der Waals surface area contributed by atoms with E-state index in [0.717, 1.165) is 51.4 Å². The molecule has 0 N–H and O–H groups in total. The highest BCUT2D eigenvalue weighted by molar-refractivity contribution is 8.00. The predicted molar refractivity (Wildman–Crippen MR) is 156 cm³/mol. The van der Waals surface area contributed by atoms with Gasteiger partial charge in [0.2, 0.25) is 0 Å². The molecule has 0 heterocycles. The molecule has 2 aromatic carbocycles. The van der Waals surface area contributed by atoms with Gasteiger partial charge in [-0.05, 0) is 108 Å². The summed E-state index contributed by atoms with van der Waals surface area (Å²) in [5, 5.41) is 0. The van der Waals surface area contributed by atoms with Crippen LogP contribution in [-0.2, 0) is 51.4 Å². The fourth-order valence-corrected chi connectivity index (χ4v) is 9.48. The first-order valence-electron chi connectivity index (χ1n) is 13.1. The zero-order chi connectivity index (χ0) is 24.7. The Balaban J connectivity index is 3.01. The third kappa shape index (κ3) is 5.36. The summed E-state index contributed by atoms with van der Waals surface area (Å²) in [6.07, 6.45) is 13.5. The van der Waals surface area contributed by atoms with Crippen molar-refractivity contribution in [1.82, 2.24) is 0 Å². The largest absolute Gasteiger partial charge is 0.129 e. The highest BCUT2D eigenvalue weighted by atomic mass is 32.2. The van der Waals surface area contributed by atoms with E-state index in [2.05, 4.69) is 79.7 Å². The lowest BCUT2D eigenvalue weighted by Crippen LogP contribution is -2.10. The molecular formula is C30H46S3. The molecule has 0 nitrogen and oxygen atoms in total. The van der Waals surface area contributed by atoms with Crippen LogP contribution in [0.1, 0.15) is 99.9 Å². The second kappa shape index (κ2) is 13.5. The number of benzene rings is 2. The number of thioether (sulfide) groups is 2. The van der Waals surface area contributed by atoms with Crippen LogP contribution < -0.4 is 0 Å². The summed E-state index contributed by atoms with van der Waals surface area (Å²) in [6, 6.07) is 0. The summed E-state index contributed by atoms with van der Waals surface area (Å²) in [6.45, 7) is 18.8. The van der Waals surface area contributed by atoms with E-state index in [4.69, 9.17) is 0 Å². The van der Waals surface area contributed by atoms with Gasteiger partial charge < -0.3 is 0 Å². The summed E-state index contributed by atoms with van der Waals surface area (Å²) < 4.78 is 0. The third-order valence-corrected chi connectivity index (χ3v) is 10.3. The molecule has 2 rings (SSSR count). The smallest absolute Gasteiger partial charge is 0.0192 e. The molecule has 0 unspecified atom stereocenters. The molecule has 0 spiro atoms. The van der Waals surface area contributed by atoms with Gasteiger partial charge >= 0.3 is 0 Å². The Labute approximate surface area is 217 Å². The van der Waals surface area contributed by atoms with Gasteiger partial charge in [-0.2, -0.15) is 0 Å². The van der Waals surface area contributed by atoms with Gasteiger partial charge in [-0.3, -0.25) is 0 Å². The first kappa shape index (κ1) is 28.7. The Hall–Kier alpha value is -0.510. The van der Waals surface area contributed by atoms with Crippen molar-refractivity contribution in [2.75, 3.05) is 12.5 Å². The van der Waals surface area contributed by atoms with Crippen LogP contribution in [0.25, 0.3) is 0 Å². The molecule has 184 valence electrons. The molecule has 0 saturated heterocycles. The highest BCUT2D eigenvalue weighted by Gasteiger charge is 2.25. The van der Waals surface area contributed by atoms with Gasteiger partial charge in [-0.25, -0.2) is 0 Å². The minimum absolute atomic E-state index is 1.11. The molecule has 33 heavy (non-hydrogen) atoms. The topological polar surface area (TPSA) is 0 Å². The second-order valence-corrected chi connectivity index (χ2v) is 11.1. The SMILES string of the molecule is CCc1c(CC)c(Sc2c(CC)c(CC)c(SC)c(CC)c2CC)c(CC)c(CC)c1SC. The van der Waals surface area contributed by atoms with Crippen LogP contribution in [0.5, 0.6) is 0 Å². The molecule has 0 fully saturated rings. The molecule has 0 aromatic heterocycles. The molecule has 0 saturated carbocycles. The highest BCUT2D eigenvalue weighted by Crippen LogP contribution is 2.47. The average Bonchev–Trinajstić information content (AvgIpc) is 2.85. The Bertz CT molecular complexity index is 812. The van der Waals surface area contributed by atoms with E-state index >= 15 is 0 Å². The Morgan fingerprint density at radius 1 is 0.333 bits per heavy atom. The molecule has 0 atom stereocenters. The lowest BCUT2D eigenvalue weighted by molar-refractivity contribution is 0.864. The fourth-order valence-electron chi connectivity index (χ4n) is 5.66. The molecule has 2 aromatic rings. The van der Waals surface area contributed by atoms with Crippen LogP contribution in [0.3, 0.4) is 0 Å². The van der Waals surface area contributed by atoms with Crippen LogP contribution in [0.2, 0.25) is 0 Å². The van der Waals surface area contributed by atoms with Crippen LogP contribution in [0.4, 0.5) is 0 Å².